The van der Waals surface area contributed by atoms with Crippen molar-refractivity contribution >= 4 is 21.8 Å². The van der Waals surface area contributed by atoms with Crippen molar-refractivity contribution in [2.75, 3.05) is 0 Å². The zero-order valence-electron chi connectivity index (χ0n) is 13.4. The molecule has 0 fully saturated rings. The SMILES string of the molecule is Cc1ccc(S(=O)(=O)O/N=C(\C(=O)OC(C)C)C(C)C)cc1. The summed E-state index contributed by atoms with van der Waals surface area (Å²) < 4.78 is 33.7. The van der Waals surface area contributed by atoms with Crippen LogP contribution in [0.4, 0.5) is 0 Å². The normalized spacial score (nSPS) is 12.6. The fourth-order valence-electron chi connectivity index (χ4n) is 1.49. The lowest BCUT2D eigenvalue weighted by molar-refractivity contribution is -0.139. The molecular formula is C15H21NO5S. The number of benzene rings is 1. The second-order valence-corrected chi connectivity index (χ2v) is 6.96. The molecule has 122 valence electrons. The van der Waals surface area contributed by atoms with Crippen LogP contribution in [-0.4, -0.2) is 26.2 Å². The smallest absolute Gasteiger partial charge is 0.358 e. The Morgan fingerprint density at radius 3 is 2.09 bits per heavy atom. The highest BCUT2D eigenvalue weighted by atomic mass is 32.2. The summed E-state index contributed by atoms with van der Waals surface area (Å²) in [5.74, 6) is -1.02. The molecule has 1 rings (SSSR count). The average molecular weight is 327 g/mol. The van der Waals surface area contributed by atoms with E-state index in [2.05, 4.69) is 9.44 Å². The van der Waals surface area contributed by atoms with E-state index in [1.807, 2.05) is 6.92 Å². The lowest BCUT2D eigenvalue weighted by atomic mass is 10.1. The first kappa shape index (κ1) is 18.2. The highest BCUT2D eigenvalue weighted by Crippen LogP contribution is 2.14. The quantitative estimate of drug-likeness (QED) is 0.456. The van der Waals surface area contributed by atoms with E-state index in [-0.39, 0.29) is 22.6 Å². The minimum Gasteiger partial charge on any atom is -0.458 e. The molecule has 0 bridgehead atoms. The molecule has 0 aliphatic heterocycles. The van der Waals surface area contributed by atoms with Gasteiger partial charge < -0.3 is 4.74 Å². The van der Waals surface area contributed by atoms with E-state index in [9.17, 15) is 13.2 Å². The van der Waals surface area contributed by atoms with Crippen LogP contribution in [0.1, 0.15) is 33.3 Å². The second kappa shape index (κ2) is 7.40. The number of carbonyl (C=O) groups excluding carboxylic acids is 1. The molecule has 0 aromatic heterocycles. The molecule has 0 amide bonds. The number of oxime groups is 1. The molecule has 0 N–H and O–H groups in total. The monoisotopic (exact) mass is 327 g/mol. The number of rotatable bonds is 6. The molecule has 1 aromatic carbocycles. The molecule has 0 saturated heterocycles. The van der Waals surface area contributed by atoms with Gasteiger partial charge in [0.2, 0.25) is 0 Å². The first-order chi connectivity index (χ1) is 10.1. The van der Waals surface area contributed by atoms with E-state index in [1.54, 1.807) is 39.8 Å². The number of carbonyl (C=O) groups is 1. The van der Waals surface area contributed by atoms with Crippen molar-refractivity contribution in [3.8, 4) is 0 Å². The summed E-state index contributed by atoms with van der Waals surface area (Å²) in [5, 5.41) is 3.50. The van der Waals surface area contributed by atoms with Gasteiger partial charge >= 0.3 is 16.1 Å². The van der Waals surface area contributed by atoms with Gasteiger partial charge in [0.05, 0.1) is 6.10 Å². The maximum Gasteiger partial charge on any atom is 0.358 e. The summed E-state index contributed by atoms with van der Waals surface area (Å²) in [7, 11) is -4.06. The Morgan fingerprint density at radius 2 is 1.64 bits per heavy atom. The summed E-state index contributed by atoms with van der Waals surface area (Å²) in [5.41, 5.74) is 0.843. The third-order valence-corrected chi connectivity index (χ3v) is 3.76. The van der Waals surface area contributed by atoms with E-state index in [1.165, 1.54) is 12.1 Å². The maximum absolute atomic E-state index is 12.0. The number of hydrogen-bond donors (Lipinski definition) is 0. The van der Waals surface area contributed by atoms with Crippen LogP contribution < -0.4 is 0 Å². The lowest BCUT2D eigenvalue weighted by Crippen LogP contribution is -2.26. The second-order valence-electron chi connectivity index (χ2n) is 5.43. The average Bonchev–Trinajstić information content (AvgIpc) is 2.37. The Hall–Kier alpha value is -1.89. The minimum atomic E-state index is -4.06. The highest BCUT2D eigenvalue weighted by molar-refractivity contribution is 7.86. The molecule has 0 radical (unpaired) electrons. The molecule has 0 spiro atoms. The summed E-state index contributed by atoms with van der Waals surface area (Å²) in [6, 6.07) is 6.13. The first-order valence-corrected chi connectivity index (χ1v) is 8.33. The van der Waals surface area contributed by atoms with E-state index in [0.717, 1.165) is 5.56 Å². The standard InChI is InChI=1S/C15H21NO5S/c1-10(2)14(15(17)20-11(3)4)16-21-22(18,19)13-8-6-12(5)7-9-13/h6-11H,1-5H3/b16-14-. The predicted molar refractivity (Wildman–Crippen MR) is 83.0 cm³/mol. The van der Waals surface area contributed by atoms with E-state index >= 15 is 0 Å². The fraction of sp³-hybridized carbons (Fsp3) is 0.467. The van der Waals surface area contributed by atoms with E-state index < -0.39 is 16.1 Å². The Labute approximate surface area is 131 Å². The first-order valence-electron chi connectivity index (χ1n) is 6.92. The molecule has 0 aliphatic rings. The topological polar surface area (TPSA) is 82.0 Å². The summed E-state index contributed by atoms with van der Waals surface area (Å²) >= 11 is 0. The van der Waals surface area contributed by atoms with Crippen molar-refractivity contribution in [1.29, 1.82) is 0 Å². The zero-order chi connectivity index (χ0) is 16.9. The van der Waals surface area contributed by atoms with Crippen molar-refractivity contribution < 1.29 is 22.2 Å². The number of nitrogens with zero attached hydrogens (tertiary/aromatic N) is 1. The fourth-order valence-corrected chi connectivity index (χ4v) is 2.22. The number of hydrogen-bond acceptors (Lipinski definition) is 6. The molecule has 0 heterocycles. The van der Waals surface area contributed by atoms with Crippen LogP contribution >= 0.6 is 0 Å². The van der Waals surface area contributed by atoms with Crippen LogP contribution in [0.5, 0.6) is 0 Å². The van der Waals surface area contributed by atoms with Crippen molar-refractivity contribution in [2.45, 2.75) is 45.6 Å². The Balaban J connectivity index is 2.98. The summed E-state index contributed by atoms with van der Waals surface area (Å²) in [4.78, 5) is 11.8. The lowest BCUT2D eigenvalue weighted by Gasteiger charge is -2.12. The summed E-state index contributed by atoms with van der Waals surface area (Å²) in [6.07, 6.45) is -0.329. The van der Waals surface area contributed by atoms with Gasteiger partial charge in [-0.15, -0.1) is 0 Å². The molecule has 0 saturated carbocycles. The van der Waals surface area contributed by atoms with Gasteiger partial charge in [-0.3, -0.25) is 4.28 Å². The van der Waals surface area contributed by atoms with Gasteiger partial charge in [-0.05, 0) is 32.9 Å². The summed E-state index contributed by atoms with van der Waals surface area (Å²) in [6.45, 7) is 8.62. The van der Waals surface area contributed by atoms with Crippen molar-refractivity contribution in [1.82, 2.24) is 0 Å². The van der Waals surface area contributed by atoms with Crippen LogP contribution in [0.15, 0.2) is 34.3 Å². The minimum absolute atomic E-state index is 0.0258. The molecular weight excluding hydrogens is 306 g/mol. The van der Waals surface area contributed by atoms with Gasteiger partial charge in [-0.1, -0.05) is 36.7 Å². The molecule has 6 nitrogen and oxygen atoms in total. The molecule has 0 unspecified atom stereocenters. The number of aryl methyl sites for hydroxylation is 1. The molecule has 7 heteroatoms. The molecule has 0 aliphatic carbocycles. The largest absolute Gasteiger partial charge is 0.458 e. The Morgan fingerprint density at radius 1 is 1.09 bits per heavy atom. The van der Waals surface area contributed by atoms with Crippen LogP contribution in [0.25, 0.3) is 0 Å². The Kier molecular flexibility index (Phi) is 6.11. The van der Waals surface area contributed by atoms with E-state index in [0.29, 0.717) is 0 Å². The number of esters is 1. The third-order valence-electron chi connectivity index (χ3n) is 2.64. The molecule has 1 aromatic rings. The van der Waals surface area contributed by atoms with Crippen LogP contribution in [0.3, 0.4) is 0 Å². The zero-order valence-corrected chi connectivity index (χ0v) is 14.2. The van der Waals surface area contributed by atoms with Gasteiger partial charge in [-0.2, -0.15) is 8.42 Å². The molecule has 22 heavy (non-hydrogen) atoms. The van der Waals surface area contributed by atoms with Crippen molar-refractivity contribution in [3.63, 3.8) is 0 Å². The third kappa shape index (κ3) is 5.14. The van der Waals surface area contributed by atoms with Crippen LogP contribution in [0.2, 0.25) is 0 Å². The number of ether oxygens (including phenoxy) is 1. The van der Waals surface area contributed by atoms with Gasteiger partial charge in [0.25, 0.3) is 0 Å². The highest BCUT2D eigenvalue weighted by Gasteiger charge is 2.22. The van der Waals surface area contributed by atoms with Crippen molar-refractivity contribution in [2.24, 2.45) is 11.1 Å². The van der Waals surface area contributed by atoms with E-state index in [4.69, 9.17) is 4.74 Å². The predicted octanol–water partition coefficient (Wildman–Crippen LogP) is 2.66. The van der Waals surface area contributed by atoms with Gasteiger partial charge in [-0.25, -0.2) is 4.79 Å². The van der Waals surface area contributed by atoms with Gasteiger partial charge in [0.15, 0.2) is 5.71 Å². The van der Waals surface area contributed by atoms with Gasteiger partial charge in [0.1, 0.15) is 4.90 Å². The van der Waals surface area contributed by atoms with Crippen LogP contribution in [-0.2, 0) is 23.9 Å². The molecule has 0 atom stereocenters. The Bertz CT molecular complexity index is 645. The van der Waals surface area contributed by atoms with Crippen molar-refractivity contribution in [3.05, 3.63) is 29.8 Å². The maximum atomic E-state index is 12.0. The van der Waals surface area contributed by atoms with Crippen LogP contribution in [0, 0.1) is 12.8 Å². The van der Waals surface area contributed by atoms with Gasteiger partial charge in [0, 0.05) is 5.92 Å².